The Hall–Kier alpha value is -1.44. The molecule has 0 aliphatic carbocycles. The lowest BCUT2D eigenvalue weighted by molar-refractivity contribution is -0.117. The van der Waals surface area contributed by atoms with E-state index in [1.165, 1.54) is 0 Å². The Morgan fingerprint density at radius 1 is 1.25 bits per heavy atom. The normalized spacial score (nSPS) is 12.5. The summed E-state index contributed by atoms with van der Waals surface area (Å²) in [5.74, 6) is 0.877. The fourth-order valence-electron chi connectivity index (χ4n) is 1.87. The molecule has 0 saturated heterocycles. The minimum atomic E-state index is 0.207. The van der Waals surface area contributed by atoms with Crippen molar-refractivity contribution in [1.82, 2.24) is 0 Å². The van der Waals surface area contributed by atoms with Gasteiger partial charge in [-0.3, -0.25) is 4.79 Å². The molecular weight excluding hydrogens is 200 g/mol. The van der Waals surface area contributed by atoms with Gasteiger partial charge >= 0.3 is 0 Å². The van der Waals surface area contributed by atoms with Crippen molar-refractivity contribution in [2.24, 2.45) is 5.92 Å². The molecule has 0 unspecified atom stereocenters. The summed E-state index contributed by atoms with van der Waals surface area (Å²) in [5, 5.41) is 0. The molecule has 0 aromatic heterocycles. The molecule has 0 bridgehead atoms. The minimum Gasteiger partial charge on any atom is -0.300 e. The highest BCUT2D eigenvalue weighted by Gasteiger charge is 2.17. The molecule has 0 fully saturated rings. The quantitative estimate of drug-likeness (QED) is 0.711. The van der Waals surface area contributed by atoms with Crippen molar-refractivity contribution in [2.45, 2.75) is 33.1 Å². The lowest BCUT2D eigenvalue weighted by Crippen LogP contribution is -2.10. The Balaban J connectivity index is 2.92. The maximum absolute atomic E-state index is 11.2. The van der Waals surface area contributed by atoms with Crippen LogP contribution in [0.2, 0.25) is 0 Å². The standard InChI is InChI=1S/C14H18O2/c1-10(2)14(8-11(3)16)13-6-4-12(9-15)5-7-13/h4-7,9-10,14H,8H2,1-3H3/t14-/m1/s1. The van der Waals surface area contributed by atoms with Gasteiger partial charge in [0.2, 0.25) is 0 Å². The second-order valence-electron chi connectivity index (χ2n) is 4.54. The number of hydrogen-bond donors (Lipinski definition) is 0. The van der Waals surface area contributed by atoms with E-state index >= 15 is 0 Å². The second kappa shape index (κ2) is 5.59. The molecular formula is C14H18O2. The molecule has 0 aliphatic rings. The molecule has 0 N–H and O–H groups in total. The number of benzene rings is 1. The lowest BCUT2D eigenvalue weighted by Gasteiger charge is -2.20. The number of carbonyl (C=O) groups excluding carboxylic acids is 2. The van der Waals surface area contributed by atoms with E-state index in [-0.39, 0.29) is 11.7 Å². The van der Waals surface area contributed by atoms with Gasteiger partial charge in [0.25, 0.3) is 0 Å². The molecule has 2 nitrogen and oxygen atoms in total. The van der Waals surface area contributed by atoms with Crippen LogP contribution < -0.4 is 0 Å². The highest BCUT2D eigenvalue weighted by Crippen LogP contribution is 2.28. The van der Waals surface area contributed by atoms with Gasteiger partial charge < -0.3 is 4.79 Å². The van der Waals surface area contributed by atoms with Crippen molar-refractivity contribution in [1.29, 1.82) is 0 Å². The van der Waals surface area contributed by atoms with E-state index in [0.29, 0.717) is 17.9 Å². The molecule has 1 atom stereocenters. The van der Waals surface area contributed by atoms with Crippen LogP contribution in [0, 0.1) is 5.92 Å². The molecule has 0 amide bonds. The van der Waals surface area contributed by atoms with Crippen molar-refractivity contribution in [3.63, 3.8) is 0 Å². The SMILES string of the molecule is CC(=O)C[C@@H](c1ccc(C=O)cc1)C(C)C. The van der Waals surface area contributed by atoms with Gasteiger partial charge in [-0.2, -0.15) is 0 Å². The van der Waals surface area contributed by atoms with Gasteiger partial charge in [-0.05, 0) is 24.3 Å². The first-order chi connectivity index (χ1) is 7.54. The first-order valence-corrected chi connectivity index (χ1v) is 5.59. The van der Waals surface area contributed by atoms with Crippen LogP contribution in [0.15, 0.2) is 24.3 Å². The number of aldehydes is 1. The van der Waals surface area contributed by atoms with E-state index in [4.69, 9.17) is 0 Å². The van der Waals surface area contributed by atoms with E-state index in [1.54, 1.807) is 19.1 Å². The van der Waals surface area contributed by atoms with Crippen molar-refractivity contribution < 1.29 is 9.59 Å². The molecule has 0 radical (unpaired) electrons. The summed E-state index contributed by atoms with van der Waals surface area (Å²) in [5.41, 5.74) is 1.81. The number of hydrogen-bond acceptors (Lipinski definition) is 2. The fourth-order valence-corrected chi connectivity index (χ4v) is 1.87. The number of Topliss-reactive ketones (excluding diaryl/α,β-unsaturated/α-hetero) is 1. The summed E-state index contributed by atoms with van der Waals surface area (Å²) in [6.07, 6.45) is 1.40. The zero-order valence-electron chi connectivity index (χ0n) is 10.1. The molecule has 0 heterocycles. The summed E-state index contributed by atoms with van der Waals surface area (Å²) in [6.45, 7) is 5.84. The number of carbonyl (C=O) groups is 2. The highest BCUT2D eigenvalue weighted by atomic mass is 16.1. The molecule has 86 valence electrons. The molecule has 1 aromatic rings. The Labute approximate surface area is 96.7 Å². The second-order valence-corrected chi connectivity index (χ2v) is 4.54. The molecule has 0 saturated carbocycles. The highest BCUT2D eigenvalue weighted by molar-refractivity contribution is 5.77. The zero-order chi connectivity index (χ0) is 12.1. The average molecular weight is 218 g/mol. The molecule has 16 heavy (non-hydrogen) atoms. The third-order valence-corrected chi connectivity index (χ3v) is 2.81. The summed E-state index contributed by atoms with van der Waals surface area (Å²) < 4.78 is 0. The Kier molecular flexibility index (Phi) is 4.41. The largest absolute Gasteiger partial charge is 0.300 e. The summed E-state index contributed by atoms with van der Waals surface area (Å²) >= 11 is 0. The molecule has 1 rings (SSSR count). The summed E-state index contributed by atoms with van der Waals surface area (Å²) in [7, 11) is 0. The van der Waals surface area contributed by atoms with Crippen LogP contribution in [0.3, 0.4) is 0 Å². The topological polar surface area (TPSA) is 34.1 Å². The van der Waals surface area contributed by atoms with Crippen molar-refractivity contribution in [2.75, 3.05) is 0 Å². The lowest BCUT2D eigenvalue weighted by atomic mass is 9.84. The summed E-state index contributed by atoms with van der Waals surface area (Å²) in [4.78, 5) is 21.7. The summed E-state index contributed by atoms with van der Waals surface area (Å²) in [6, 6.07) is 7.49. The zero-order valence-corrected chi connectivity index (χ0v) is 10.1. The van der Waals surface area contributed by atoms with E-state index in [9.17, 15) is 9.59 Å². The van der Waals surface area contributed by atoms with Gasteiger partial charge in [0.1, 0.15) is 12.1 Å². The van der Waals surface area contributed by atoms with Crippen LogP contribution in [0.25, 0.3) is 0 Å². The van der Waals surface area contributed by atoms with Crippen LogP contribution in [0.1, 0.15) is 49.0 Å². The van der Waals surface area contributed by atoms with E-state index < -0.39 is 0 Å². The number of ketones is 1. The third-order valence-electron chi connectivity index (χ3n) is 2.81. The Bertz CT molecular complexity index is 363. The van der Waals surface area contributed by atoms with Crippen molar-refractivity contribution in [3.05, 3.63) is 35.4 Å². The Morgan fingerprint density at radius 3 is 2.19 bits per heavy atom. The monoisotopic (exact) mass is 218 g/mol. The maximum atomic E-state index is 11.2. The van der Waals surface area contributed by atoms with Crippen LogP contribution in [-0.2, 0) is 4.79 Å². The van der Waals surface area contributed by atoms with Gasteiger partial charge in [-0.1, -0.05) is 38.1 Å². The van der Waals surface area contributed by atoms with Gasteiger partial charge in [0.05, 0.1) is 0 Å². The first-order valence-electron chi connectivity index (χ1n) is 5.59. The third kappa shape index (κ3) is 3.30. The van der Waals surface area contributed by atoms with Gasteiger partial charge in [0.15, 0.2) is 0 Å². The van der Waals surface area contributed by atoms with E-state index in [1.807, 2.05) is 12.1 Å². The molecule has 0 spiro atoms. The molecule has 0 aliphatic heterocycles. The van der Waals surface area contributed by atoms with Crippen molar-refractivity contribution in [3.8, 4) is 0 Å². The number of rotatable bonds is 5. The average Bonchev–Trinajstić information content (AvgIpc) is 2.25. The maximum Gasteiger partial charge on any atom is 0.150 e. The minimum absolute atomic E-state index is 0.207. The Morgan fingerprint density at radius 2 is 1.81 bits per heavy atom. The van der Waals surface area contributed by atoms with Crippen LogP contribution in [-0.4, -0.2) is 12.1 Å². The predicted octanol–water partition coefficient (Wildman–Crippen LogP) is 3.22. The van der Waals surface area contributed by atoms with E-state index in [2.05, 4.69) is 13.8 Å². The fraction of sp³-hybridized carbons (Fsp3) is 0.429. The van der Waals surface area contributed by atoms with Crippen LogP contribution >= 0.6 is 0 Å². The predicted molar refractivity (Wildman–Crippen MR) is 64.7 cm³/mol. The van der Waals surface area contributed by atoms with Gasteiger partial charge in [0, 0.05) is 12.0 Å². The van der Waals surface area contributed by atoms with Gasteiger partial charge in [-0.25, -0.2) is 0 Å². The van der Waals surface area contributed by atoms with E-state index in [0.717, 1.165) is 11.8 Å². The molecule has 2 heteroatoms. The van der Waals surface area contributed by atoms with Crippen LogP contribution in [0.5, 0.6) is 0 Å². The van der Waals surface area contributed by atoms with Crippen molar-refractivity contribution >= 4 is 12.1 Å². The molecule has 1 aromatic carbocycles. The smallest absolute Gasteiger partial charge is 0.150 e. The first kappa shape index (κ1) is 12.6. The van der Waals surface area contributed by atoms with Gasteiger partial charge in [-0.15, -0.1) is 0 Å². The van der Waals surface area contributed by atoms with Crippen LogP contribution in [0.4, 0.5) is 0 Å².